The Bertz CT molecular complexity index is 535. The molecule has 6 nitrogen and oxygen atoms in total. The van der Waals surface area contributed by atoms with Crippen molar-refractivity contribution in [3.63, 3.8) is 0 Å². The normalized spacial score (nSPS) is 19.5. The van der Waals surface area contributed by atoms with Crippen molar-refractivity contribution in [3.8, 4) is 0 Å². The summed E-state index contributed by atoms with van der Waals surface area (Å²) in [5.74, 6) is 0.628. The Morgan fingerprint density at radius 2 is 2.19 bits per heavy atom. The van der Waals surface area contributed by atoms with Crippen LogP contribution in [-0.2, 0) is 21.3 Å². The Kier molecular flexibility index (Phi) is 5.80. The van der Waals surface area contributed by atoms with Crippen molar-refractivity contribution in [2.45, 2.75) is 44.4 Å². The first kappa shape index (κ1) is 16.5. The molecular weight excluding hydrogens is 292 g/mol. The molecule has 1 aromatic rings. The Labute approximate surface area is 126 Å². The number of furan rings is 1. The van der Waals surface area contributed by atoms with Gasteiger partial charge >= 0.3 is 0 Å². The van der Waals surface area contributed by atoms with Crippen molar-refractivity contribution >= 4 is 10.0 Å². The molecule has 0 amide bonds. The molecule has 120 valence electrons. The van der Waals surface area contributed by atoms with E-state index in [9.17, 15) is 8.42 Å². The molecule has 0 spiro atoms. The van der Waals surface area contributed by atoms with Gasteiger partial charge in [0.25, 0.3) is 10.0 Å². The lowest BCUT2D eigenvalue weighted by atomic mass is 10.2. The summed E-state index contributed by atoms with van der Waals surface area (Å²) in [6.07, 6.45) is 1.90. The number of nitrogens with one attached hydrogen (secondary N) is 1. The molecule has 0 saturated carbocycles. The predicted octanol–water partition coefficient (Wildman–Crippen LogP) is 1.58. The van der Waals surface area contributed by atoms with E-state index in [4.69, 9.17) is 9.15 Å². The lowest BCUT2D eigenvalue weighted by molar-refractivity contribution is 0.0943. The van der Waals surface area contributed by atoms with Crippen LogP contribution in [0.4, 0.5) is 0 Å². The molecule has 2 heterocycles. The van der Waals surface area contributed by atoms with Crippen molar-refractivity contribution in [1.29, 1.82) is 0 Å². The number of ether oxygens (including phenoxy) is 1. The summed E-state index contributed by atoms with van der Waals surface area (Å²) in [7, 11) is -3.58. The van der Waals surface area contributed by atoms with E-state index in [1.165, 1.54) is 10.4 Å². The first-order valence-corrected chi connectivity index (χ1v) is 8.93. The van der Waals surface area contributed by atoms with Crippen molar-refractivity contribution in [3.05, 3.63) is 17.9 Å². The number of likely N-dealkylation sites (N-methyl/N-ethyl adjacent to an activating group) is 1. The van der Waals surface area contributed by atoms with Crippen LogP contribution in [0.15, 0.2) is 21.6 Å². The second-order valence-electron chi connectivity index (χ2n) is 5.09. The second-order valence-corrected chi connectivity index (χ2v) is 6.96. The van der Waals surface area contributed by atoms with Crippen LogP contribution in [0.3, 0.4) is 0 Å². The molecule has 0 bridgehead atoms. The largest absolute Gasteiger partial charge is 0.447 e. The van der Waals surface area contributed by atoms with E-state index in [0.29, 0.717) is 25.4 Å². The van der Waals surface area contributed by atoms with Gasteiger partial charge in [0.1, 0.15) is 5.76 Å². The monoisotopic (exact) mass is 316 g/mol. The highest BCUT2D eigenvalue weighted by Crippen LogP contribution is 2.21. The van der Waals surface area contributed by atoms with Crippen molar-refractivity contribution < 1.29 is 17.6 Å². The average molecular weight is 316 g/mol. The van der Waals surface area contributed by atoms with Gasteiger partial charge in [-0.2, -0.15) is 4.31 Å². The third-order valence-electron chi connectivity index (χ3n) is 3.56. The molecule has 0 aliphatic carbocycles. The molecule has 1 atom stereocenters. The first-order valence-electron chi connectivity index (χ1n) is 7.49. The van der Waals surface area contributed by atoms with Crippen molar-refractivity contribution in [2.24, 2.45) is 0 Å². The van der Waals surface area contributed by atoms with E-state index in [1.54, 1.807) is 6.07 Å². The van der Waals surface area contributed by atoms with Crippen LogP contribution in [0.5, 0.6) is 0 Å². The van der Waals surface area contributed by atoms with E-state index < -0.39 is 10.0 Å². The molecule has 0 radical (unpaired) electrons. The molecule has 1 fully saturated rings. The summed E-state index contributed by atoms with van der Waals surface area (Å²) in [5, 5.41) is 3.12. The fourth-order valence-electron chi connectivity index (χ4n) is 2.38. The molecule has 2 rings (SSSR count). The summed E-state index contributed by atoms with van der Waals surface area (Å²) in [4.78, 5) is 0. The van der Waals surface area contributed by atoms with Gasteiger partial charge in [-0.15, -0.1) is 0 Å². The van der Waals surface area contributed by atoms with Crippen LogP contribution in [0.2, 0.25) is 0 Å². The highest BCUT2D eigenvalue weighted by Gasteiger charge is 2.30. The maximum absolute atomic E-state index is 12.6. The molecule has 1 aliphatic rings. The standard InChI is InChI=1S/C14H24N2O4S/c1-3-15-10-12-7-8-14(20-12)21(17,18)16(4-2)11-13-6-5-9-19-13/h7-8,13,15H,3-6,9-11H2,1-2H3. The zero-order valence-corrected chi connectivity index (χ0v) is 13.5. The molecule has 1 unspecified atom stereocenters. The Morgan fingerprint density at radius 3 is 2.81 bits per heavy atom. The quantitative estimate of drug-likeness (QED) is 0.788. The minimum atomic E-state index is -3.58. The lowest BCUT2D eigenvalue weighted by Gasteiger charge is -2.22. The number of hydrogen-bond donors (Lipinski definition) is 1. The summed E-state index contributed by atoms with van der Waals surface area (Å²) in [6, 6.07) is 3.23. The minimum absolute atomic E-state index is 0.00378. The van der Waals surface area contributed by atoms with Gasteiger partial charge in [-0.25, -0.2) is 8.42 Å². The summed E-state index contributed by atoms with van der Waals surface area (Å²) in [5.41, 5.74) is 0. The first-order chi connectivity index (χ1) is 10.1. The highest BCUT2D eigenvalue weighted by molar-refractivity contribution is 7.89. The van der Waals surface area contributed by atoms with Gasteiger partial charge in [0, 0.05) is 19.7 Å². The predicted molar refractivity (Wildman–Crippen MR) is 79.5 cm³/mol. The fraction of sp³-hybridized carbons (Fsp3) is 0.714. The number of sulfonamides is 1. The third-order valence-corrected chi connectivity index (χ3v) is 5.38. The van der Waals surface area contributed by atoms with Crippen LogP contribution in [0, 0.1) is 0 Å². The molecular formula is C14H24N2O4S. The van der Waals surface area contributed by atoms with E-state index >= 15 is 0 Å². The van der Waals surface area contributed by atoms with E-state index in [2.05, 4.69) is 5.32 Å². The molecule has 1 aromatic heterocycles. The van der Waals surface area contributed by atoms with Gasteiger partial charge in [0.15, 0.2) is 0 Å². The molecule has 0 aromatic carbocycles. The van der Waals surface area contributed by atoms with Crippen LogP contribution < -0.4 is 5.32 Å². The summed E-state index contributed by atoms with van der Waals surface area (Å²) >= 11 is 0. The molecule has 7 heteroatoms. The number of rotatable bonds is 8. The molecule has 21 heavy (non-hydrogen) atoms. The highest BCUT2D eigenvalue weighted by atomic mass is 32.2. The van der Waals surface area contributed by atoms with Crippen LogP contribution in [-0.4, -0.2) is 45.1 Å². The summed E-state index contributed by atoms with van der Waals surface area (Å²) in [6.45, 7) is 6.67. The smallest absolute Gasteiger partial charge is 0.276 e. The van der Waals surface area contributed by atoms with Gasteiger partial charge in [-0.05, 0) is 31.5 Å². The van der Waals surface area contributed by atoms with Gasteiger partial charge in [-0.1, -0.05) is 13.8 Å². The van der Waals surface area contributed by atoms with E-state index in [-0.39, 0.29) is 11.2 Å². The maximum atomic E-state index is 12.6. The topological polar surface area (TPSA) is 71.8 Å². The Morgan fingerprint density at radius 1 is 1.38 bits per heavy atom. The number of hydrogen-bond acceptors (Lipinski definition) is 5. The van der Waals surface area contributed by atoms with Gasteiger partial charge < -0.3 is 14.5 Å². The lowest BCUT2D eigenvalue weighted by Crippen LogP contribution is -2.37. The Hall–Kier alpha value is -0.890. The molecule has 1 aliphatic heterocycles. The van der Waals surface area contributed by atoms with Crippen molar-refractivity contribution in [2.75, 3.05) is 26.2 Å². The summed E-state index contributed by atoms with van der Waals surface area (Å²) < 4.78 is 37.6. The van der Waals surface area contributed by atoms with Gasteiger partial charge in [0.2, 0.25) is 5.09 Å². The fourth-order valence-corrected chi connectivity index (χ4v) is 3.79. The Balaban J connectivity index is 2.08. The second kappa shape index (κ2) is 7.40. The van der Waals surface area contributed by atoms with Crippen LogP contribution in [0.1, 0.15) is 32.4 Å². The van der Waals surface area contributed by atoms with Gasteiger partial charge in [0.05, 0.1) is 12.6 Å². The van der Waals surface area contributed by atoms with Gasteiger partial charge in [-0.3, -0.25) is 0 Å². The average Bonchev–Trinajstić information content (AvgIpc) is 3.13. The van der Waals surface area contributed by atoms with Crippen molar-refractivity contribution in [1.82, 2.24) is 9.62 Å². The third kappa shape index (κ3) is 4.06. The van der Waals surface area contributed by atoms with Crippen LogP contribution in [0.25, 0.3) is 0 Å². The zero-order chi connectivity index (χ0) is 15.3. The van der Waals surface area contributed by atoms with Crippen LogP contribution >= 0.6 is 0 Å². The molecule has 1 N–H and O–H groups in total. The maximum Gasteiger partial charge on any atom is 0.276 e. The van der Waals surface area contributed by atoms with E-state index in [1.807, 2.05) is 13.8 Å². The zero-order valence-electron chi connectivity index (χ0n) is 12.7. The molecule has 1 saturated heterocycles. The number of nitrogens with zero attached hydrogens (tertiary/aromatic N) is 1. The van der Waals surface area contributed by atoms with E-state index in [0.717, 1.165) is 26.0 Å². The SMILES string of the molecule is CCNCc1ccc(S(=O)(=O)N(CC)CC2CCCO2)o1. The minimum Gasteiger partial charge on any atom is -0.447 e.